The number of benzene rings is 1. The second kappa shape index (κ2) is 8.19. The summed E-state index contributed by atoms with van der Waals surface area (Å²) in [5.41, 5.74) is 5.14. The summed E-state index contributed by atoms with van der Waals surface area (Å²) in [6.07, 6.45) is 8.88. The van der Waals surface area contributed by atoms with E-state index in [2.05, 4.69) is 44.0 Å². The molecule has 2 nitrogen and oxygen atoms in total. The van der Waals surface area contributed by atoms with Crippen LogP contribution in [-0.4, -0.2) is 20.2 Å². The van der Waals surface area contributed by atoms with Gasteiger partial charge in [-0.15, -0.1) is 0 Å². The van der Waals surface area contributed by atoms with E-state index in [0.717, 1.165) is 18.1 Å². The third-order valence-electron chi connectivity index (χ3n) is 4.70. The Morgan fingerprint density at radius 1 is 1.36 bits per heavy atom. The van der Waals surface area contributed by atoms with E-state index in [1.54, 1.807) is 7.11 Å². The molecule has 1 aliphatic heterocycles. The number of hydrogen-bond acceptors (Lipinski definition) is 2. The lowest BCUT2D eigenvalue weighted by molar-refractivity contribution is 0.350. The SMILES string of the molecule is C=C/C=C(/C)c1cc(OC)c(CCC2CCNCC2)cc1C. The quantitative estimate of drug-likeness (QED) is 0.780. The van der Waals surface area contributed by atoms with E-state index in [1.165, 1.54) is 54.6 Å². The van der Waals surface area contributed by atoms with Crippen LogP contribution in [0.1, 0.15) is 42.9 Å². The fraction of sp³-hybridized carbons (Fsp3) is 0.500. The van der Waals surface area contributed by atoms with Crippen molar-refractivity contribution in [3.63, 3.8) is 0 Å². The van der Waals surface area contributed by atoms with Gasteiger partial charge in [0.1, 0.15) is 5.75 Å². The lowest BCUT2D eigenvalue weighted by Crippen LogP contribution is -2.27. The van der Waals surface area contributed by atoms with Crippen LogP contribution in [0, 0.1) is 12.8 Å². The molecule has 0 aliphatic carbocycles. The molecule has 2 rings (SSSR count). The first-order valence-electron chi connectivity index (χ1n) is 8.33. The summed E-state index contributed by atoms with van der Waals surface area (Å²) in [7, 11) is 1.77. The maximum absolute atomic E-state index is 5.64. The molecule has 1 aromatic carbocycles. The zero-order valence-corrected chi connectivity index (χ0v) is 14.2. The van der Waals surface area contributed by atoms with Crippen LogP contribution >= 0.6 is 0 Å². The molecule has 22 heavy (non-hydrogen) atoms. The zero-order chi connectivity index (χ0) is 15.9. The first kappa shape index (κ1) is 16.8. The molecular formula is C20H29NO. The molecule has 0 unspecified atom stereocenters. The molecular weight excluding hydrogens is 270 g/mol. The topological polar surface area (TPSA) is 21.3 Å². The van der Waals surface area contributed by atoms with Gasteiger partial charge < -0.3 is 10.1 Å². The first-order chi connectivity index (χ1) is 10.7. The van der Waals surface area contributed by atoms with Crippen molar-refractivity contribution in [3.05, 3.63) is 47.6 Å². The van der Waals surface area contributed by atoms with Gasteiger partial charge in [0.05, 0.1) is 7.11 Å². The summed E-state index contributed by atoms with van der Waals surface area (Å²) in [5, 5.41) is 3.44. The maximum Gasteiger partial charge on any atom is 0.122 e. The summed E-state index contributed by atoms with van der Waals surface area (Å²) >= 11 is 0. The predicted octanol–water partition coefficient (Wildman–Crippen LogP) is 4.53. The lowest BCUT2D eigenvalue weighted by atomic mass is 9.89. The predicted molar refractivity (Wildman–Crippen MR) is 95.5 cm³/mol. The van der Waals surface area contributed by atoms with Crippen LogP contribution in [0.2, 0.25) is 0 Å². The fourth-order valence-electron chi connectivity index (χ4n) is 3.35. The average Bonchev–Trinajstić information content (AvgIpc) is 2.54. The molecule has 1 aromatic rings. The zero-order valence-electron chi connectivity index (χ0n) is 14.2. The van der Waals surface area contributed by atoms with Crippen molar-refractivity contribution in [1.82, 2.24) is 5.32 Å². The van der Waals surface area contributed by atoms with Gasteiger partial charge in [0.2, 0.25) is 0 Å². The summed E-state index contributed by atoms with van der Waals surface area (Å²) in [4.78, 5) is 0. The minimum absolute atomic E-state index is 0.855. The van der Waals surface area contributed by atoms with E-state index in [1.807, 2.05) is 6.08 Å². The molecule has 0 spiro atoms. The van der Waals surface area contributed by atoms with Crippen molar-refractivity contribution >= 4 is 5.57 Å². The number of nitrogens with one attached hydrogen (secondary N) is 1. The Morgan fingerprint density at radius 3 is 2.73 bits per heavy atom. The molecule has 120 valence electrons. The standard InChI is InChI=1S/C20H29NO/c1-5-6-15(2)19-14-20(22-4)18(13-16(19)3)8-7-17-9-11-21-12-10-17/h5-6,13-14,17,21H,1,7-12H2,2-4H3/b15-6-. The van der Waals surface area contributed by atoms with E-state index < -0.39 is 0 Å². The molecule has 1 heterocycles. The molecule has 0 radical (unpaired) electrons. The van der Waals surface area contributed by atoms with Gasteiger partial charge in [-0.25, -0.2) is 0 Å². The molecule has 0 amide bonds. The van der Waals surface area contributed by atoms with Crippen molar-refractivity contribution in [1.29, 1.82) is 0 Å². The second-order valence-corrected chi connectivity index (χ2v) is 6.30. The Morgan fingerprint density at radius 2 is 2.09 bits per heavy atom. The molecule has 0 bridgehead atoms. The Bertz CT molecular complexity index is 539. The van der Waals surface area contributed by atoms with E-state index in [9.17, 15) is 0 Å². The van der Waals surface area contributed by atoms with E-state index >= 15 is 0 Å². The van der Waals surface area contributed by atoms with Gasteiger partial charge in [0.15, 0.2) is 0 Å². The van der Waals surface area contributed by atoms with Crippen molar-refractivity contribution in [2.45, 2.75) is 39.5 Å². The summed E-state index contributed by atoms with van der Waals surface area (Å²) < 4.78 is 5.64. The van der Waals surface area contributed by atoms with Crippen LogP contribution in [-0.2, 0) is 6.42 Å². The highest BCUT2D eigenvalue weighted by molar-refractivity contribution is 5.69. The molecule has 0 aromatic heterocycles. The third kappa shape index (κ3) is 4.23. The molecule has 0 saturated carbocycles. The van der Waals surface area contributed by atoms with E-state index in [4.69, 9.17) is 4.74 Å². The van der Waals surface area contributed by atoms with Crippen molar-refractivity contribution in [2.75, 3.05) is 20.2 Å². The maximum atomic E-state index is 5.64. The minimum Gasteiger partial charge on any atom is -0.496 e. The number of allylic oxidation sites excluding steroid dienone is 3. The van der Waals surface area contributed by atoms with Crippen LogP contribution in [0.5, 0.6) is 5.75 Å². The molecule has 2 heteroatoms. The lowest BCUT2D eigenvalue weighted by Gasteiger charge is -2.23. The molecule has 0 atom stereocenters. The van der Waals surface area contributed by atoms with Crippen molar-refractivity contribution in [2.24, 2.45) is 5.92 Å². The van der Waals surface area contributed by atoms with Gasteiger partial charge in [-0.05, 0) is 86.9 Å². The van der Waals surface area contributed by atoms with Gasteiger partial charge in [-0.2, -0.15) is 0 Å². The largest absolute Gasteiger partial charge is 0.496 e. The second-order valence-electron chi connectivity index (χ2n) is 6.30. The minimum atomic E-state index is 0.855. The van der Waals surface area contributed by atoms with Crippen LogP contribution < -0.4 is 10.1 Å². The molecule has 1 aliphatic rings. The fourth-order valence-corrected chi connectivity index (χ4v) is 3.35. The number of ether oxygens (including phenoxy) is 1. The van der Waals surface area contributed by atoms with Crippen LogP contribution in [0.3, 0.4) is 0 Å². The van der Waals surface area contributed by atoms with Gasteiger partial charge >= 0.3 is 0 Å². The Labute approximate surface area is 135 Å². The normalized spacial score (nSPS) is 16.6. The third-order valence-corrected chi connectivity index (χ3v) is 4.70. The Balaban J connectivity index is 2.15. The summed E-state index contributed by atoms with van der Waals surface area (Å²) in [6.45, 7) is 10.4. The monoisotopic (exact) mass is 299 g/mol. The van der Waals surface area contributed by atoms with E-state index in [-0.39, 0.29) is 0 Å². The highest BCUT2D eigenvalue weighted by Gasteiger charge is 2.15. The highest BCUT2D eigenvalue weighted by Crippen LogP contribution is 2.30. The number of methoxy groups -OCH3 is 1. The molecule has 1 fully saturated rings. The number of rotatable bonds is 6. The highest BCUT2D eigenvalue weighted by atomic mass is 16.5. The van der Waals surface area contributed by atoms with Crippen LogP contribution in [0.4, 0.5) is 0 Å². The molecule has 1 saturated heterocycles. The van der Waals surface area contributed by atoms with Crippen molar-refractivity contribution < 1.29 is 4.74 Å². The van der Waals surface area contributed by atoms with Crippen LogP contribution in [0.25, 0.3) is 5.57 Å². The average molecular weight is 299 g/mol. The number of piperidine rings is 1. The Hall–Kier alpha value is -1.54. The van der Waals surface area contributed by atoms with Crippen molar-refractivity contribution in [3.8, 4) is 5.75 Å². The Kier molecular flexibility index (Phi) is 6.26. The van der Waals surface area contributed by atoms with Gasteiger partial charge in [0.25, 0.3) is 0 Å². The van der Waals surface area contributed by atoms with Crippen LogP contribution in [0.15, 0.2) is 30.9 Å². The van der Waals surface area contributed by atoms with Gasteiger partial charge in [-0.3, -0.25) is 0 Å². The van der Waals surface area contributed by atoms with E-state index in [0.29, 0.717) is 0 Å². The summed E-state index contributed by atoms with van der Waals surface area (Å²) in [6, 6.07) is 4.48. The first-order valence-corrected chi connectivity index (χ1v) is 8.33. The summed E-state index contributed by atoms with van der Waals surface area (Å²) in [5.74, 6) is 1.87. The van der Waals surface area contributed by atoms with Gasteiger partial charge in [-0.1, -0.05) is 24.8 Å². The number of hydrogen-bond donors (Lipinski definition) is 1. The smallest absolute Gasteiger partial charge is 0.122 e. The van der Waals surface area contributed by atoms with Gasteiger partial charge in [0, 0.05) is 0 Å². The molecule has 1 N–H and O–H groups in total. The number of aryl methyl sites for hydroxylation is 2.